The molecule has 122 valence electrons. The standard InChI is InChI=1S/C16H32N4O/c1-5-17-16(18-12-8-9-14-10-11-14)19(4)13-15(21)20(6-2)7-3/h14H,5-13H2,1-4H3,(H,17,18). The lowest BCUT2D eigenvalue weighted by atomic mass is 10.2. The maximum atomic E-state index is 12.2. The summed E-state index contributed by atoms with van der Waals surface area (Å²) in [5.41, 5.74) is 0. The molecule has 1 amide bonds. The Balaban J connectivity index is 2.43. The highest BCUT2D eigenvalue weighted by Gasteiger charge is 2.20. The Bertz CT molecular complexity index is 335. The predicted octanol–water partition coefficient (Wildman–Crippen LogP) is 1.94. The van der Waals surface area contributed by atoms with E-state index < -0.39 is 0 Å². The summed E-state index contributed by atoms with van der Waals surface area (Å²) in [5, 5.41) is 3.27. The van der Waals surface area contributed by atoms with Crippen molar-refractivity contribution in [1.29, 1.82) is 0 Å². The fourth-order valence-electron chi connectivity index (χ4n) is 2.40. The van der Waals surface area contributed by atoms with Crippen molar-refractivity contribution in [1.82, 2.24) is 15.1 Å². The Labute approximate surface area is 129 Å². The molecule has 0 spiro atoms. The van der Waals surface area contributed by atoms with Gasteiger partial charge in [0.2, 0.25) is 5.91 Å². The zero-order chi connectivity index (χ0) is 15.7. The molecule has 1 saturated carbocycles. The molecule has 1 aliphatic carbocycles. The molecule has 0 atom stereocenters. The molecule has 0 aromatic rings. The Kier molecular flexibility index (Phi) is 8.16. The number of likely N-dealkylation sites (N-methyl/N-ethyl adjacent to an activating group) is 2. The second-order valence-corrected chi connectivity index (χ2v) is 5.74. The summed E-state index contributed by atoms with van der Waals surface area (Å²) in [6.07, 6.45) is 5.26. The van der Waals surface area contributed by atoms with Crippen molar-refractivity contribution in [3.63, 3.8) is 0 Å². The van der Waals surface area contributed by atoms with Crippen LogP contribution in [0.2, 0.25) is 0 Å². The minimum atomic E-state index is 0.158. The maximum absolute atomic E-state index is 12.2. The summed E-state index contributed by atoms with van der Waals surface area (Å²) in [6, 6.07) is 0. The van der Waals surface area contributed by atoms with E-state index >= 15 is 0 Å². The SMILES string of the molecule is CCNC(=NCCCC1CC1)N(C)CC(=O)N(CC)CC. The largest absolute Gasteiger partial charge is 0.357 e. The van der Waals surface area contributed by atoms with Gasteiger partial charge in [-0.3, -0.25) is 9.79 Å². The van der Waals surface area contributed by atoms with E-state index in [2.05, 4.69) is 17.2 Å². The van der Waals surface area contributed by atoms with Gasteiger partial charge in [-0.25, -0.2) is 0 Å². The van der Waals surface area contributed by atoms with Gasteiger partial charge in [-0.2, -0.15) is 0 Å². The average molecular weight is 296 g/mol. The number of hydrogen-bond acceptors (Lipinski definition) is 2. The summed E-state index contributed by atoms with van der Waals surface area (Å²) in [6.45, 7) is 9.66. The summed E-state index contributed by atoms with van der Waals surface area (Å²) in [5.74, 6) is 1.96. The van der Waals surface area contributed by atoms with Crippen LogP contribution < -0.4 is 5.32 Å². The van der Waals surface area contributed by atoms with Crippen LogP contribution in [0.5, 0.6) is 0 Å². The van der Waals surface area contributed by atoms with Gasteiger partial charge in [-0.15, -0.1) is 0 Å². The van der Waals surface area contributed by atoms with E-state index in [9.17, 15) is 4.79 Å². The first-order valence-electron chi connectivity index (χ1n) is 8.39. The third-order valence-electron chi connectivity index (χ3n) is 3.91. The van der Waals surface area contributed by atoms with Crippen LogP contribution >= 0.6 is 0 Å². The highest BCUT2D eigenvalue weighted by atomic mass is 16.2. The fourth-order valence-corrected chi connectivity index (χ4v) is 2.40. The Morgan fingerprint density at radius 2 is 1.90 bits per heavy atom. The van der Waals surface area contributed by atoms with Crippen LogP contribution in [0.3, 0.4) is 0 Å². The number of nitrogens with one attached hydrogen (secondary N) is 1. The van der Waals surface area contributed by atoms with Gasteiger partial charge in [0.05, 0.1) is 6.54 Å². The van der Waals surface area contributed by atoms with Crippen molar-refractivity contribution < 1.29 is 4.79 Å². The van der Waals surface area contributed by atoms with Crippen LogP contribution in [0.4, 0.5) is 0 Å². The number of carbonyl (C=O) groups excluding carboxylic acids is 1. The average Bonchev–Trinajstić information content (AvgIpc) is 3.27. The van der Waals surface area contributed by atoms with E-state index in [4.69, 9.17) is 0 Å². The topological polar surface area (TPSA) is 47.9 Å². The molecule has 0 unspecified atom stereocenters. The Morgan fingerprint density at radius 3 is 2.43 bits per heavy atom. The molecule has 0 aliphatic heterocycles. The lowest BCUT2D eigenvalue weighted by Crippen LogP contribution is -2.45. The minimum absolute atomic E-state index is 0.158. The maximum Gasteiger partial charge on any atom is 0.242 e. The first kappa shape index (κ1) is 17.8. The molecule has 0 aromatic heterocycles. The van der Waals surface area contributed by atoms with E-state index in [1.54, 1.807) is 0 Å². The molecule has 5 heteroatoms. The van der Waals surface area contributed by atoms with Crippen molar-refractivity contribution >= 4 is 11.9 Å². The van der Waals surface area contributed by atoms with Crippen LogP contribution in [-0.4, -0.2) is 61.4 Å². The quantitative estimate of drug-likeness (QED) is 0.402. The van der Waals surface area contributed by atoms with Crippen molar-refractivity contribution in [2.24, 2.45) is 10.9 Å². The molecule has 1 rings (SSSR count). The third kappa shape index (κ3) is 6.82. The zero-order valence-electron chi connectivity index (χ0n) is 14.2. The number of amides is 1. The molecule has 0 saturated heterocycles. The smallest absolute Gasteiger partial charge is 0.242 e. The molecule has 5 nitrogen and oxygen atoms in total. The number of guanidine groups is 1. The van der Waals surface area contributed by atoms with Crippen LogP contribution in [0, 0.1) is 5.92 Å². The van der Waals surface area contributed by atoms with Crippen molar-refractivity contribution in [2.75, 3.05) is 39.8 Å². The number of rotatable bonds is 9. The summed E-state index contributed by atoms with van der Waals surface area (Å²) >= 11 is 0. The molecular weight excluding hydrogens is 264 g/mol. The van der Waals surface area contributed by atoms with Gasteiger partial charge in [0, 0.05) is 33.2 Å². The van der Waals surface area contributed by atoms with Gasteiger partial charge in [-0.1, -0.05) is 12.8 Å². The van der Waals surface area contributed by atoms with Crippen LogP contribution in [0.1, 0.15) is 46.5 Å². The number of hydrogen-bond donors (Lipinski definition) is 1. The Morgan fingerprint density at radius 1 is 1.24 bits per heavy atom. The third-order valence-corrected chi connectivity index (χ3v) is 3.91. The highest BCUT2D eigenvalue weighted by molar-refractivity contribution is 5.86. The number of nitrogens with zero attached hydrogens (tertiary/aromatic N) is 3. The summed E-state index contributed by atoms with van der Waals surface area (Å²) in [4.78, 5) is 20.6. The molecule has 1 N–H and O–H groups in total. The van der Waals surface area contributed by atoms with E-state index in [1.807, 2.05) is 30.7 Å². The monoisotopic (exact) mass is 296 g/mol. The van der Waals surface area contributed by atoms with E-state index in [0.29, 0.717) is 6.54 Å². The van der Waals surface area contributed by atoms with Crippen molar-refractivity contribution in [3.05, 3.63) is 0 Å². The minimum Gasteiger partial charge on any atom is -0.357 e. The lowest BCUT2D eigenvalue weighted by molar-refractivity contribution is -0.131. The lowest BCUT2D eigenvalue weighted by Gasteiger charge is -2.25. The normalized spacial score (nSPS) is 15.0. The molecule has 0 radical (unpaired) electrons. The first-order chi connectivity index (χ1) is 10.1. The fraction of sp³-hybridized carbons (Fsp3) is 0.875. The molecule has 21 heavy (non-hydrogen) atoms. The second-order valence-electron chi connectivity index (χ2n) is 5.74. The Hall–Kier alpha value is -1.26. The van der Waals surface area contributed by atoms with Crippen molar-refractivity contribution in [2.45, 2.75) is 46.5 Å². The summed E-state index contributed by atoms with van der Waals surface area (Å²) in [7, 11) is 1.93. The number of carbonyl (C=O) groups is 1. The molecule has 0 aromatic carbocycles. The predicted molar refractivity (Wildman–Crippen MR) is 88.5 cm³/mol. The van der Waals surface area contributed by atoms with Gasteiger partial charge in [0.15, 0.2) is 5.96 Å². The van der Waals surface area contributed by atoms with Gasteiger partial charge in [0.25, 0.3) is 0 Å². The summed E-state index contributed by atoms with van der Waals surface area (Å²) < 4.78 is 0. The number of aliphatic imine (C=N–C) groups is 1. The molecule has 0 heterocycles. The molecule has 1 aliphatic rings. The van der Waals surface area contributed by atoms with Crippen LogP contribution in [-0.2, 0) is 4.79 Å². The molecular formula is C16H32N4O. The van der Waals surface area contributed by atoms with Gasteiger partial charge in [-0.05, 0) is 39.5 Å². The van der Waals surface area contributed by atoms with Gasteiger partial charge < -0.3 is 15.1 Å². The molecule has 0 bridgehead atoms. The first-order valence-corrected chi connectivity index (χ1v) is 8.39. The van der Waals surface area contributed by atoms with E-state index in [0.717, 1.165) is 44.5 Å². The van der Waals surface area contributed by atoms with Gasteiger partial charge >= 0.3 is 0 Å². The van der Waals surface area contributed by atoms with Crippen LogP contribution in [0.15, 0.2) is 4.99 Å². The van der Waals surface area contributed by atoms with E-state index in [1.165, 1.54) is 19.3 Å². The second kappa shape index (κ2) is 9.64. The zero-order valence-corrected chi connectivity index (χ0v) is 14.2. The highest BCUT2D eigenvalue weighted by Crippen LogP contribution is 2.33. The molecule has 1 fully saturated rings. The van der Waals surface area contributed by atoms with Crippen molar-refractivity contribution in [3.8, 4) is 0 Å². The van der Waals surface area contributed by atoms with E-state index in [-0.39, 0.29) is 5.91 Å². The van der Waals surface area contributed by atoms with Crippen LogP contribution in [0.25, 0.3) is 0 Å². The van der Waals surface area contributed by atoms with Gasteiger partial charge in [0.1, 0.15) is 0 Å².